The second-order valence-electron chi connectivity index (χ2n) is 5.17. The molecule has 0 atom stereocenters. The second-order valence-corrected chi connectivity index (χ2v) is 5.17. The third-order valence-corrected chi connectivity index (χ3v) is 3.35. The van der Waals surface area contributed by atoms with Crippen LogP contribution in [0.25, 0.3) is 0 Å². The molecular weight excluding hydrogens is 339 g/mol. The smallest absolute Gasteiger partial charge is 0.344 e. The summed E-state index contributed by atoms with van der Waals surface area (Å²) in [6.45, 7) is -0.930. The van der Waals surface area contributed by atoms with Gasteiger partial charge in [-0.3, -0.25) is 4.79 Å². The lowest BCUT2D eigenvalue weighted by molar-refractivity contribution is -0.149. The van der Waals surface area contributed by atoms with Crippen molar-refractivity contribution >= 4 is 17.6 Å². The Morgan fingerprint density at radius 2 is 1.73 bits per heavy atom. The number of para-hydroxylation sites is 2. The predicted molar refractivity (Wildman–Crippen MR) is 91.9 cm³/mol. The van der Waals surface area contributed by atoms with Crippen LogP contribution in [0.3, 0.4) is 0 Å². The molecule has 2 aromatic carbocycles. The number of ether oxygens (including phenoxy) is 2. The third-order valence-electron chi connectivity index (χ3n) is 3.35. The van der Waals surface area contributed by atoms with E-state index in [1.165, 1.54) is 18.2 Å². The number of hydrogen-bond acceptors (Lipinski definition) is 5. The predicted octanol–water partition coefficient (Wildman–Crippen LogP) is 2.69. The SMILES string of the molecule is N#CCCN(C(=O)COC(=O)COc1ccccc1)c1ccccc1F. The Hall–Kier alpha value is -3.40. The average molecular weight is 356 g/mol. The van der Waals surface area contributed by atoms with Crippen molar-refractivity contribution in [3.05, 3.63) is 60.4 Å². The highest BCUT2D eigenvalue weighted by atomic mass is 19.1. The molecule has 0 spiro atoms. The number of nitriles is 1. The van der Waals surface area contributed by atoms with Gasteiger partial charge in [0.05, 0.1) is 18.2 Å². The fourth-order valence-corrected chi connectivity index (χ4v) is 2.13. The minimum absolute atomic E-state index is 0.00562. The van der Waals surface area contributed by atoms with Gasteiger partial charge in [-0.25, -0.2) is 9.18 Å². The highest BCUT2D eigenvalue weighted by molar-refractivity contribution is 5.95. The van der Waals surface area contributed by atoms with Gasteiger partial charge in [0.25, 0.3) is 5.91 Å². The fourth-order valence-electron chi connectivity index (χ4n) is 2.13. The molecule has 2 aromatic rings. The van der Waals surface area contributed by atoms with E-state index in [2.05, 4.69) is 0 Å². The van der Waals surface area contributed by atoms with Gasteiger partial charge in [0.2, 0.25) is 0 Å². The van der Waals surface area contributed by atoms with E-state index < -0.39 is 24.3 Å². The van der Waals surface area contributed by atoms with Gasteiger partial charge in [-0.2, -0.15) is 5.26 Å². The summed E-state index contributed by atoms with van der Waals surface area (Å²) in [5.74, 6) is -1.45. The van der Waals surface area contributed by atoms with Crippen molar-refractivity contribution in [2.75, 3.05) is 24.7 Å². The molecule has 6 nitrogen and oxygen atoms in total. The molecule has 0 radical (unpaired) electrons. The number of amides is 1. The van der Waals surface area contributed by atoms with Crippen LogP contribution in [0.4, 0.5) is 10.1 Å². The first-order valence-corrected chi connectivity index (χ1v) is 7.87. The molecule has 0 saturated carbocycles. The molecule has 26 heavy (non-hydrogen) atoms. The van der Waals surface area contributed by atoms with Gasteiger partial charge in [0.15, 0.2) is 13.2 Å². The van der Waals surface area contributed by atoms with Crippen molar-refractivity contribution in [3.63, 3.8) is 0 Å². The summed E-state index contributed by atoms with van der Waals surface area (Å²) in [6, 6.07) is 16.3. The summed E-state index contributed by atoms with van der Waals surface area (Å²) in [6.07, 6.45) is 0.0190. The van der Waals surface area contributed by atoms with E-state index in [0.717, 1.165) is 4.90 Å². The largest absolute Gasteiger partial charge is 0.482 e. The molecule has 0 unspecified atom stereocenters. The molecule has 0 heterocycles. The zero-order valence-corrected chi connectivity index (χ0v) is 13.9. The van der Waals surface area contributed by atoms with Crippen LogP contribution >= 0.6 is 0 Å². The van der Waals surface area contributed by atoms with E-state index in [1.807, 2.05) is 12.1 Å². The number of anilines is 1. The van der Waals surface area contributed by atoms with E-state index >= 15 is 0 Å². The van der Waals surface area contributed by atoms with Gasteiger partial charge in [-0.1, -0.05) is 30.3 Å². The molecule has 0 saturated heterocycles. The second kappa shape index (κ2) is 9.79. The summed E-state index contributed by atoms with van der Waals surface area (Å²) in [5, 5.41) is 8.73. The minimum Gasteiger partial charge on any atom is -0.482 e. The average Bonchev–Trinajstić information content (AvgIpc) is 2.67. The van der Waals surface area contributed by atoms with Crippen LogP contribution in [0.1, 0.15) is 6.42 Å². The van der Waals surface area contributed by atoms with E-state index in [-0.39, 0.29) is 25.3 Å². The highest BCUT2D eigenvalue weighted by Crippen LogP contribution is 2.19. The lowest BCUT2D eigenvalue weighted by Crippen LogP contribution is -2.36. The molecule has 0 aliphatic heterocycles. The number of esters is 1. The van der Waals surface area contributed by atoms with Gasteiger partial charge in [0, 0.05) is 6.54 Å². The molecule has 1 amide bonds. The maximum Gasteiger partial charge on any atom is 0.344 e. The summed E-state index contributed by atoms with van der Waals surface area (Å²) >= 11 is 0. The van der Waals surface area contributed by atoms with Crippen LogP contribution in [0.15, 0.2) is 54.6 Å². The van der Waals surface area contributed by atoms with Crippen LogP contribution in [0.5, 0.6) is 5.75 Å². The summed E-state index contributed by atoms with van der Waals surface area (Å²) < 4.78 is 24.0. The summed E-state index contributed by atoms with van der Waals surface area (Å²) in [7, 11) is 0. The minimum atomic E-state index is -0.726. The van der Waals surface area contributed by atoms with Gasteiger partial charge in [-0.15, -0.1) is 0 Å². The number of carbonyl (C=O) groups excluding carboxylic acids is 2. The van der Waals surface area contributed by atoms with Crippen LogP contribution in [-0.4, -0.2) is 31.6 Å². The van der Waals surface area contributed by atoms with Crippen molar-refractivity contribution in [2.24, 2.45) is 0 Å². The van der Waals surface area contributed by atoms with Crippen LogP contribution in [-0.2, 0) is 14.3 Å². The maximum atomic E-state index is 13.9. The van der Waals surface area contributed by atoms with Gasteiger partial charge >= 0.3 is 5.97 Å². The van der Waals surface area contributed by atoms with Gasteiger partial charge < -0.3 is 14.4 Å². The van der Waals surface area contributed by atoms with Gasteiger partial charge in [-0.05, 0) is 24.3 Å². The lowest BCUT2D eigenvalue weighted by atomic mass is 10.2. The number of hydrogen-bond donors (Lipinski definition) is 0. The molecule has 0 aliphatic rings. The van der Waals surface area contributed by atoms with Crippen LogP contribution in [0.2, 0.25) is 0 Å². The monoisotopic (exact) mass is 356 g/mol. The van der Waals surface area contributed by atoms with E-state index in [0.29, 0.717) is 5.75 Å². The summed E-state index contributed by atoms with van der Waals surface area (Å²) in [4.78, 5) is 25.1. The number of rotatable bonds is 8. The van der Waals surface area contributed by atoms with Crippen molar-refractivity contribution < 1.29 is 23.5 Å². The molecular formula is C19H17FN2O4. The summed E-state index contributed by atoms with van der Waals surface area (Å²) in [5.41, 5.74) is 0.0318. The van der Waals surface area contributed by atoms with E-state index in [9.17, 15) is 14.0 Å². The van der Waals surface area contributed by atoms with Crippen LogP contribution in [0, 0.1) is 17.1 Å². The number of halogens is 1. The Bertz CT molecular complexity index is 790. The molecule has 2 rings (SSSR count). The Balaban J connectivity index is 1.91. The topological polar surface area (TPSA) is 79.6 Å². The van der Waals surface area contributed by atoms with Gasteiger partial charge in [0.1, 0.15) is 11.6 Å². The van der Waals surface area contributed by atoms with E-state index in [4.69, 9.17) is 14.7 Å². The number of benzene rings is 2. The molecule has 0 fully saturated rings. The quantitative estimate of drug-likeness (QED) is 0.680. The molecule has 7 heteroatoms. The third kappa shape index (κ3) is 5.60. The number of nitrogens with zero attached hydrogens (tertiary/aromatic N) is 2. The Kier molecular flexibility index (Phi) is 7.13. The Labute approximate surface area is 150 Å². The van der Waals surface area contributed by atoms with E-state index in [1.54, 1.807) is 30.3 Å². The Morgan fingerprint density at radius 3 is 2.42 bits per heavy atom. The zero-order valence-electron chi connectivity index (χ0n) is 13.9. The van der Waals surface area contributed by atoms with Crippen LogP contribution < -0.4 is 9.64 Å². The molecule has 0 aliphatic carbocycles. The first kappa shape index (κ1) is 18.9. The molecule has 0 bridgehead atoms. The molecule has 0 aromatic heterocycles. The number of carbonyl (C=O) groups is 2. The van der Waals surface area contributed by atoms with Crippen molar-refractivity contribution in [3.8, 4) is 11.8 Å². The standard InChI is InChI=1S/C19H17FN2O4/c20-16-9-4-5-10-17(16)22(12-6-11-21)18(23)13-26-19(24)14-25-15-7-2-1-3-8-15/h1-5,7-10H,6,12-14H2. The van der Waals surface area contributed by atoms with Crippen molar-refractivity contribution in [2.45, 2.75) is 6.42 Å². The molecule has 0 N–H and O–H groups in total. The van der Waals surface area contributed by atoms with Crippen molar-refractivity contribution in [1.29, 1.82) is 5.26 Å². The normalized spacial score (nSPS) is 9.85. The first-order chi connectivity index (χ1) is 12.6. The highest BCUT2D eigenvalue weighted by Gasteiger charge is 2.20. The first-order valence-electron chi connectivity index (χ1n) is 7.87. The lowest BCUT2D eigenvalue weighted by Gasteiger charge is -2.22. The fraction of sp³-hybridized carbons (Fsp3) is 0.211. The maximum absolute atomic E-state index is 13.9. The van der Waals surface area contributed by atoms with Crippen molar-refractivity contribution in [1.82, 2.24) is 0 Å². The Morgan fingerprint density at radius 1 is 1.04 bits per heavy atom. The molecule has 134 valence electrons. The zero-order chi connectivity index (χ0) is 18.8.